The third kappa shape index (κ3) is 36.4. The van der Waals surface area contributed by atoms with Gasteiger partial charge in [-0.1, -0.05) is 85.0 Å². The monoisotopic (exact) mass is 587 g/mol. The molecule has 0 aliphatic carbocycles. The maximum atomic E-state index is 9.15. The summed E-state index contributed by atoms with van der Waals surface area (Å²) in [4.78, 5) is 0. The molecule has 2 unspecified atom stereocenters. The van der Waals surface area contributed by atoms with Crippen LogP contribution in [0.5, 0.6) is 0 Å². The number of quaternary nitrogens is 2. The molecule has 0 aliphatic heterocycles. The maximum absolute atomic E-state index is 9.15. The number of likely N-dealkylation sites (N-methyl/N-ethyl adjacent to an activating group) is 2. The van der Waals surface area contributed by atoms with Gasteiger partial charge in [0.2, 0.25) is 0 Å². The summed E-state index contributed by atoms with van der Waals surface area (Å²) in [6.07, 6.45) is 14.7. The normalized spacial score (nSPS) is 13.0. The summed E-state index contributed by atoms with van der Waals surface area (Å²) in [7, 11) is 8.23. The molecule has 2 atom stereocenters. The Bertz CT molecular complexity index is 380. The Balaban J connectivity index is -0.000000211. The first-order valence-electron chi connectivity index (χ1n) is 14.3. The highest BCUT2D eigenvalue weighted by atomic mass is 79.9. The summed E-state index contributed by atoms with van der Waals surface area (Å²) in [5.41, 5.74) is 7.00. The minimum absolute atomic E-state index is 0. The average Bonchev–Trinajstić information content (AvgIpc) is 2.78. The summed E-state index contributed by atoms with van der Waals surface area (Å²) < 4.78 is 1.55. The van der Waals surface area contributed by atoms with Crippen molar-refractivity contribution < 1.29 is 46.4 Å². The Morgan fingerprint density at radius 3 is 1.11 bits per heavy atom. The number of nitrogens with zero attached hydrogens (tertiary/aromatic N) is 2. The van der Waals surface area contributed by atoms with Gasteiger partial charge in [0, 0.05) is 0 Å². The molecule has 0 aromatic carbocycles. The summed E-state index contributed by atoms with van der Waals surface area (Å²) >= 11 is 0. The van der Waals surface area contributed by atoms with Crippen molar-refractivity contribution in [2.24, 2.45) is 0 Å². The number of halogens is 1. The van der Waals surface area contributed by atoms with Crippen molar-refractivity contribution in [2.75, 3.05) is 74.1 Å². The molecule has 5 N–H and O–H groups in total. The molecule has 36 heavy (non-hydrogen) atoms. The van der Waals surface area contributed by atoms with E-state index in [1.807, 2.05) is 0 Å². The summed E-state index contributed by atoms with van der Waals surface area (Å²) in [5.74, 6) is 0. The number of nitrogens with one attached hydrogen (secondary N) is 1. The lowest BCUT2D eigenvalue weighted by atomic mass is 10.1. The van der Waals surface area contributed by atoms with Crippen LogP contribution < -0.4 is 17.0 Å². The summed E-state index contributed by atoms with van der Waals surface area (Å²) in [5, 5.41) is 35.5. The van der Waals surface area contributed by atoms with Crippen molar-refractivity contribution in [3.8, 4) is 0 Å². The molecule has 8 heteroatoms. The Morgan fingerprint density at radius 1 is 0.556 bits per heavy atom. The Labute approximate surface area is 236 Å². The smallest absolute Gasteiger partial charge is 0.126 e. The van der Waals surface area contributed by atoms with Gasteiger partial charge in [0.1, 0.15) is 25.3 Å². The Morgan fingerprint density at radius 2 is 0.861 bits per heavy atom. The van der Waals surface area contributed by atoms with Gasteiger partial charge in [-0.25, -0.2) is 0 Å². The second-order valence-electron chi connectivity index (χ2n) is 11.3. The molecule has 0 aromatic heterocycles. The minimum atomic E-state index is -0.573. The second kappa shape index (κ2) is 29.8. The lowest BCUT2D eigenvalue weighted by Crippen LogP contribution is -3.00. The van der Waals surface area contributed by atoms with E-state index in [4.69, 9.17) is 26.2 Å². The Kier molecular flexibility index (Phi) is 35.8. The standard InChI is InChI=1S/C12H26N.2C8H20NO2.BrH/c1-2-3-4-5-6-7-8-9-10-11-12-13;2*1-4-5-9(2,3)6-8(11)7-10;/h13H,2-12H2,1H3;2*8,10-11H,4-7H2,1-3H3;1H/q-1;2*+1;/p-1. The largest absolute Gasteiger partial charge is 1.00 e. The molecule has 0 saturated heterocycles. The fourth-order valence-corrected chi connectivity index (χ4v) is 4.26. The van der Waals surface area contributed by atoms with Crippen LogP contribution in [0.15, 0.2) is 0 Å². The number of unbranched alkanes of at least 4 members (excludes halogenated alkanes) is 9. The molecule has 0 spiro atoms. The van der Waals surface area contributed by atoms with Crippen LogP contribution in [0.4, 0.5) is 0 Å². The van der Waals surface area contributed by atoms with Crippen LogP contribution in [-0.2, 0) is 0 Å². The van der Waals surface area contributed by atoms with Crippen molar-refractivity contribution in [2.45, 2.75) is 110 Å². The molecule has 0 radical (unpaired) electrons. The molecule has 0 heterocycles. The Hall–Kier alpha value is 0.200. The lowest BCUT2D eigenvalue weighted by Gasteiger charge is -2.30. The van der Waals surface area contributed by atoms with Gasteiger partial charge in [0.05, 0.1) is 54.5 Å². The topological polar surface area (TPSA) is 105 Å². The van der Waals surface area contributed by atoms with E-state index in [9.17, 15) is 0 Å². The third-order valence-electron chi connectivity index (χ3n) is 6.02. The lowest BCUT2D eigenvalue weighted by molar-refractivity contribution is -0.893. The van der Waals surface area contributed by atoms with Crippen molar-refractivity contribution >= 4 is 0 Å². The first-order valence-corrected chi connectivity index (χ1v) is 14.3. The van der Waals surface area contributed by atoms with Crippen LogP contribution in [0, 0.1) is 0 Å². The molecule has 0 saturated carbocycles. The van der Waals surface area contributed by atoms with Gasteiger partial charge in [-0.3, -0.25) is 0 Å². The fraction of sp³-hybridized carbons (Fsp3) is 1.00. The summed E-state index contributed by atoms with van der Waals surface area (Å²) in [6, 6.07) is 0. The van der Waals surface area contributed by atoms with E-state index < -0.39 is 12.2 Å². The predicted molar refractivity (Wildman–Crippen MR) is 151 cm³/mol. The molecule has 0 bridgehead atoms. The van der Waals surface area contributed by atoms with Crippen LogP contribution in [0.2, 0.25) is 0 Å². The first kappa shape index (κ1) is 43.3. The quantitative estimate of drug-likeness (QED) is 0.128. The second-order valence-corrected chi connectivity index (χ2v) is 11.3. The summed E-state index contributed by atoms with van der Waals surface area (Å²) in [6.45, 7) is 10.2. The van der Waals surface area contributed by atoms with Crippen molar-refractivity contribution in [1.29, 1.82) is 0 Å². The van der Waals surface area contributed by atoms with Gasteiger partial charge in [0.15, 0.2) is 0 Å². The molecular weight excluding hydrogens is 522 g/mol. The minimum Gasteiger partial charge on any atom is -1.00 e. The molecule has 0 rings (SSSR count). The van der Waals surface area contributed by atoms with E-state index in [1.54, 1.807) is 0 Å². The van der Waals surface area contributed by atoms with Gasteiger partial charge in [0.25, 0.3) is 0 Å². The number of hydrogen-bond acceptors (Lipinski definition) is 4. The highest BCUT2D eigenvalue weighted by Crippen LogP contribution is 2.10. The predicted octanol–water partition coefficient (Wildman–Crippen LogP) is 1.62. The van der Waals surface area contributed by atoms with Crippen molar-refractivity contribution in [3.63, 3.8) is 0 Å². The highest BCUT2D eigenvalue weighted by molar-refractivity contribution is 4.52. The van der Waals surface area contributed by atoms with Crippen LogP contribution in [0.25, 0.3) is 5.73 Å². The zero-order valence-electron chi connectivity index (χ0n) is 25.2. The van der Waals surface area contributed by atoms with Crippen LogP contribution in [0.1, 0.15) is 97.8 Å². The average molecular weight is 589 g/mol. The molecule has 224 valence electrons. The molecule has 0 amide bonds. The first-order chi connectivity index (χ1) is 16.4. The number of aliphatic hydroxyl groups excluding tert-OH is 4. The molecular formula is C28H66BrN3O4. The number of aliphatic hydroxyl groups is 4. The van der Waals surface area contributed by atoms with E-state index in [1.165, 1.54) is 57.8 Å². The highest BCUT2D eigenvalue weighted by Gasteiger charge is 2.19. The van der Waals surface area contributed by atoms with E-state index in [-0.39, 0.29) is 30.2 Å². The zero-order valence-corrected chi connectivity index (χ0v) is 26.7. The molecule has 0 fully saturated rings. The zero-order chi connectivity index (χ0) is 27.6. The van der Waals surface area contributed by atoms with Crippen LogP contribution in [0.3, 0.4) is 0 Å². The number of rotatable bonds is 20. The molecule has 7 nitrogen and oxygen atoms in total. The van der Waals surface area contributed by atoms with Gasteiger partial charge in [-0.2, -0.15) is 6.54 Å². The third-order valence-corrected chi connectivity index (χ3v) is 6.02. The maximum Gasteiger partial charge on any atom is 0.126 e. The van der Waals surface area contributed by atoms with Crippen LogP contribution in [-0.4, -0.2) is 116 Å². The molecule has 0 aliphatic rings. The molecule has 0 aromatic rings. The SMILES string of the molecule is CCCCCCCCCCCC[NH-].CCC[N+](C)(C)CC(O)CO.CCC[N+](C)(C)CC(O)CO.[Br-]. The fourth-order valence-electron chi connectivity index (χ4n) is 4.26. The van der Waals surface area contributed by atoms with Gasteiger partial charge in [-0.15, -0.1) is 0 Å². The van der Waals surface area contributed by atoms with E-state index >= 15 is 0 Å². The van der Waals surface area contributed by atoms with Gasteiger partial charge >= 0.3 is 0 Å². The number of hydrogen-bond donors (Lipinski definition) is 4. The van der Waals surface area contributed by atoms with Gasteiger partial charge < -0.3 is 52.1 Å². The van der Waals surface area contributed by atoms with Crippen molar-refractivity contribution in [1.82, 2.24) is 0 Å². The van der Waals surface area contributed by atoms with Gasteiger partial charge in [-0.05, 0) is 12.8 Å². The van der Waals surface area contributed by atoms with E-state index in [2.05, 4.69) is 49.0 Å². The van der Waals surface area contributed by atoms with Crippen LogP contribution >= 0.6 is 0 Å². The van der Waals surface area contributed by atoms with E-state index in [0.29, 0.717) is 19.6 Å². The van der Waals surface area contributed by atoms with Crippen molar-refractivity contribution in [3.05, 3.63) is 5.73 Å². The van der Waals surface area contributed by atoms with E-state index in [0.717, 1.165) is 41.3 Å².